The summed E-state index contributed by atoms with van der Waals surface area (Å²) in [7, 11) is 1.76. The lowest BCUT2D eigenvalue weighted by atomic mass is 9.99. The van der Waals surface area contributed by atoms with Crippen LogP contribution >= 0.6 is 0 Å². The molecule has 0 amide bonds. The number of anilines is 1. The summed E-state index contributed by atoms with van der Waals surface area (Å²) in [6.45, 7) is 10.5. The molecule has 1 aromatic carbocycles. The van der Waals surface area contributed by atoms with Crippen LogP contribution < -0.4 is 10.6 Å². The number of benzene rings is 1. The maximum Gasteiger partial charge on any atom is 0.0637 e. The Bertz CT molecular complexity index is 420. The molecule has 0 saturated heterocycles. The highest BCUT2D eigenvalue weighted by Crippen LogP contribution is 2.26. The van der Waals surface area contributed by atoms with Crippen LogP contribution in [0.25, 0.3) is 0 Å². The van der Waals surface area contributed by atoms with E-state index in [2.05, 4.69) is 50.8 Å². The first-order chi connectivity index (χ1) is 10.0. The first-order valence-electron chi connectivity index (χ1n) is 8.14. The maximum absolute atomic E-state index is 6.19. The highest BCUT2D eigenvalue weighted by Gasteiger charge is 2.17. The van der Waals surface area contributed by atoms with E-state index in [0.717, 1.165) is 32.4 Å². The Hall–Kier alpha value is -1.06. The second-order valence-corrected chi connectivity index (χ2v) is 5.95. The topological polar surface area (TPSA) is 38.5 Å². The van der Waals surface area contributed by atoms with Gasteiger partial charge in [0, 0.05) is 31.4 Å². The van der Waals surface area contributed by atoms with Gasteiger partial charge in [0.15, 0.2) is 0 Å². The normalized spacial score (nSPS) is 14.0. The number of nitrogens with two attached hydrogens (primary N) is 1. The van der Waals surface area contributed by atoms with Crippen molar-refractivity contribution in [3.63, 3.8) is 0 Å². The second-order valence-electron chi connectivity index (χ2n) is 5.95. The number of aryl methyl sites for hydroxylation is 1. The van der Waals surface area contributed by atoms with Crippen molar-refractivity contribution in [1.82, 2.24) is 0 Å². The summed E-state index contributed by atoms with van der Waals surface area (Å²) < 4.78 is 5.29. The molecule has 0 fully saturated rings. The lowest BCUT2D eigenvalue weighted by molar-refractivity contribution is 0.203. The lowest BCUT2D eigenvalue weighted by Gasteiger charge is -2.33. The van der Waals surface area contributed by atoms with E-state index < -0.39 is 0 Å². The van der Waals surface area contributed by atoms with Crippen molar-refractivity contribution in [3.8, 4) is 0 Å². The van der Waals surface area contributed by atoms with E-state index in [1.54, 1.807) is 7.11 Å². The van der Waals surface area contributed by atoms with Crippen molar-refractivity contribution in [3.05, 3.63) is 29.3 Å². The third-order valence-corrected chi connectivity index (χ3v) is 4.21. The number of rotatable bonds is 9. The Balaban J connectivity index is 3.10. The first-order valence-corrected chi connectivity index (χ1v) is 8.14. The standard InChI is InChI=1S/C18H32N2O/c1-6-15(4)20(10-11-21-5)18-9-8-14(3)12-16(18)13-17(19)7-2/h8-9,12,15,17H,6-7,10-11,13,19H2,1-5H3. The van der Waals surface area contributed by atoms with Crippen LogP contribution in [0.4, 0.5) is 5.69 Å². The monoisotopic (exact) mass is 292 g/mol. The average Bonchev–Trinajstić information content (AvgIpc) is 2.48. The van der Waals surface area contributed by atoms with Crippen molar-refractivity contribution in [2.45, 2.75) is 59.0 Å². The molecular formula is C18H32N2O. The molecule has 0 aromatic heterocycles. The molecule has 0 aliphatic heterocycles. The van der Waals surface area contributed by atoms with Gasteiger partial charge in [-0.25, -0.2) is 0 Å². The SMILES string of the molecule is CCC(N)Cc1cc(C)ccc1N(CCOC)C(C)CC. The summed E-state index contributed by atoms with van der Waals surface area (Å²) >= 11 is 0. The lowest BCUT2D eigenvalue weighted by Crippen LogP contribution is -2.36. The third-order valence-electron chi connectivity index (χ3n) is 4.21. The second kappa shape index (κ2) is 9.06. The maximum atomic E-state index is 6.19. The van der Waals surface area contributed by atoms with E-state index in [1.807, 2.05) is 0 Å². The predicted molar refractivity (Wildman–Crippen MR) is 92.1 cm³/mol. The van der Waals surface area contributed by atoms with Crippen molar-refractivity contribution in [2.24, 2.45) is 5.73 Å². The Morgan fingerprint density at radius 1 is 1.24 bits per heavy atom. The van der Waals surface area contributed by atoms with Gasteiger partial charge in [-0.15, -0.1) is 0 Å². The molecule has 0 aliphatic carbocycles. The van der Waals surface area contributed by atoms with Crippen LogP contribution in [-0.4, -0.2) is 32.3 Å². The molecule has 2 N–H and O–H groups in total. The number of ether oxygens (including phenoxy) is 1. The van der Waals surface area contributed by atoms with Gasteiger partial charge in [-0.3, -0.25) is 0 Å². The summed E-state index contributed by atoms with van der Waals surface area (Å²) in [5, 5.41) is 0. The van der Waals surface area contributed by atoms with Gasteiger partial charge < -0.3 is 15.4 Å². The summed E-state index contributed by atoms with van der Waals surface area (Å²) in [5.41, 5.74) is 10.2. The minimum Gasteiger partial charge on any atom is -0.383 e. The van der Waals surface area contributed by atoms with Crippen molar-refractivity contribution >= 4 is 5.69 Å². The summed E-state index contributed by atoms with van der Waals surface area (Å²) in [6, 6.07) is 7.45. The van der Waals surface area contributed by atoms with Crippen LogP contribution in [0.15, 0.2) is 18.2 Å². The fraction of sp³-hybridized carbons (Fsp3) is 0.667. The Kier molecular flexibility index (Phi) is 7.76. The molecule has 2 unspecified atom stereocenters. The Labute approximate surface area is 130 Å². The van der Waals surface area contributed by atoms with Crippen LogP contribution in [0, 0.1) is 6.92 Å². The van der Waals surface area contributed by atoms with Crippen molar-refractivity contribution in [2.75, 3.05) is 25.2 Å². The van der Waals surface area contributed by atoms with Gasteiger partial charge in [0.05, 0.1) is 6.61 Å². The zero-order chi connectivity index (χ0) is 15.8. The fourth-order valence-electron chi connectivity index (χ4n) is 2.57. The quantitative estimate of drug-likeness (QED) is 0.757. The van der Waals surface area contributed by atoms with E-state index in [-0.39, 0.29) is 6.04 Å². The molecule has 21 heavy (non-hydrogen) atoms. The highest BCUT2D eigenvalue weighted by molar-refractivity contribution is 5.56. The molecule has 0 aliphatic rings. The van der Waals surface area contributed by atoms with E-state index in [1.165, 1.54) is 16.8 Å². The fourth-order valence-corrected chi connectivity index (χ4v) is 2.57. The van der Waals surface area contributed by atoms with Gasteiger partial charge in [-0.2, -0.15) is 0 Å². The van der Waals surface area contributed by atoms with Gasteiger partial charge in [0.25, 0.3) is 0 Å². The zero-order valence-corrected chi connectivity index (χ0v) is 14.4. The van der Waals surface area contributed by atoms with E-state index >= 15 is 0 Å². The summed E-state index contributed by atoms with van der Waals surface area (Å²) in [5.74, 6) is 0. The smallest absolute Gasteiger partial charge is 0.0637 e. The number of hydrogen-bond donors (Lipinski definition) is 1. The molecule has 120 valence electrons. The third kappa shape index (κ3) is 5.33. The van der Waals surface area contributed by atoms with Gasteiger partial charge in [0.1, 0.15) is 0 Å². The molecule has 0 bridgehead atoms. The van der Waals surface area contributed by atoms with Gasteiger partial charge in [0.2, 0.25) is 0 Å². The number of methoxy groups -OCH3 is 1. The molecule has 1 aromatic rings. The minimum absolute atomic E-state index is 0.228. The van der Waals surface area contributed by atoms with E-state index in [0.29, 0.717) is 6.04 Å². The zero-order valence-electron chi connectivity index (χ0n) is 14.4. The van der Waals surface area contributed by atoms with Gasteiger partial charge in [-0.05, 0) is 44.7 Å². The number of hydrogen-bond acceptors (Lipinski definition) is 3. The molecule has 0 spiro atoms. The van der Waals surface area contributed by atoms with Crippen molar-refractivity contribution < 1.29 is 4.74 Å². The average molecular weight is 292 g/mol. The van der Waals surface area contributed by atoms with Gasteiger partial charge in [-0.1, -0.05) is 31.5 Å². The van der Waals surface area contributed by atoms with Crippen LogP contribution in [0.2, 0.25) is 0 Å². The molecule has 3 nitrogen and oxygen atoms in total. The molecule has 0 heterocycles. The minimum atomic E-state index is 0.228. The molecular weight excluding hydrogens is 260 g/mol. The van der Waals surface area contributed by atoms with Gasteiger partial charge >= 0.3 is 0 Å². The summed E-state index contributed by atoms with van der Waals surface area (Å²) in [6.07, 6.45) is 3.07. The van der Waals surface area contributed by atoms with Crippen molar-refractivity contribution in [1.29, 1.82) is 0 Å². The molecule has 2 atom stereocenters. The Morgan fingerprint density at radius 2 is 1.95 bits per heavy atom. The van der Waals surface area contributed by atoms with Crippen LogP contribution in [0.3, 0.4) is 0 Å². The Morgan fingerprint density at radius 3 is 2.52 bits per heavy atom. The largest absolute Gasteiger partial charge is 0.383 e. The predicted octanol–water partition coefficient (Wildman–Crippen LogP) is 3.53. The molecule has 0 saturated carbocycles. The van der Waals surface area contributed by atoms with Crippen LogP contribution in [-0.2, 0) is 11.2 Å². The van der Waals surface area contributed by atoms with Crippen LogP contribution in [0.1, 0.15) is 44.7 Å². The first kappa shape index (κ1) is 18.0. The van der Waals surface area contributed by atoms with E-state index in [9.17, 15) is 0 Å². The highest BCUT2D eigenvalue weighted by atomic mass is 16.5. The van der Waals surface area contributed by atoms with E-state index in [4.69, 9.17) is 10.5 Å². The summed E-state index contributed by atoms with van der Waals surface area (Å²) in [4.78, 5) is 2.46. The molecule has 1 rings (SSSR count). The van der Waals surface area contributed by atoms with Crippen LogP contribution in [0.5, 0.6) is 0 Å². The number of nitrogens with zero attached hydrogens (tertiary/aromatic N) is 1. The molecule has 3 heteroatoms. The molecule has 0 radical (unpaired) electrons.